The van der Waals surface area contributed by atoms with Gasteiger partial charge in [0.05, 0.1) is 17.1 Å². The Kier molecular flexibility index (Phi) is 6.25. The number of pyridine rings is 1. The first-order valence-electron chi connectivity index (χ1n) is 8.56. The molecule has 1 N–H and O–H groups in total. The number of fused-ring (bicyclic) bond motifs is 1. The number of methoxy groups -OCH3 is 1. The summed E-state index contributed by atoms with van der Waals surface area (Å²) < 4.78 is 7.02. The van der Waals surface area contributed by atoms with Crippen molar-refractivity contribution in [2.45, 2.75) is 13.3 Å². The fourth-order valence-corrected chi connectivity index (χ4v) is 3.98. The van der Waals surface area contributed by atoms with E-state index in [1.807, 2.05) is 13.0 Å². The molecule has 27 heavy (non-hydrogen) atoms. The molecule has 1 aliphatic rings. The molecular formula is C18H20N4O3S2. The third-order valence-corrected chi connectivity index (χ3v) is 5.34. The first-order chi connectivity index (χ1) is 13.1. The first-order valence-corrected chi connectivity index (χ1v) is 9.79. The van der Waals surface area contributed by atoms with Crippen LogP contribution in [0.15, 0.2) is 34.1 Å². The van der Waals surface area contributed by atoms with Crippen molar-refractivity contribution in [3.05, 3.63) is 45.2 Å². The van der Waals surface area contributed by atoms with Crippen molar-refractivity contribution in [1.29, 1.82) is 0 Å². The maximum Gasteiger partial charge on any atom is 0.267 e. The van der Waals surface area contributed by atoms with E-state index in [9.17, 15) is 9.59 Å². The smallest absolute Gasteiger partial charge is 0.267 e. The van der Waals surface area contributed by atoms with Crippen LogP contribution < -0.4 is 10.9 Å². The predicted molar refractivity (Wildman–Crippen MR) is 112 cm³/mol. The molecule has 0 atom stereocenters. The van der Waals surface area contributed by atoms with Crippen LogP contribution in [0.4, 0.5) is 5.82 Å². The second kappa shape index (κ2) is 8.64. The number of nitrogens with zero attached hydrogens (tertiary/aromatic N) is 3. The van der Waals surface area contributed by atoms with Gasteiger partial charge in [-0.15, -0.1) is 0 Å². The highest BCUT2D eigenvalue weighted by molar-refractivity contribution is 8.26. The summed E-state index contributed by atoms with van der Waals surface area (Å²) in [5, 5.41) is 3.12. The van der Waals surface area contributed by atoms with Crippen LogP contribution in [-0.4, -0.2) is 51.3 Å². The Balaban J connectivity index is 2.08. The summed E-state index contributed by atoms with van der Waals surface area (Å²) >= 11 is 6.51. The van der Waals surface area contributed by atoms with Gasteiger partial charge in [-0.05, 0) is 24.6 Å². The van der Waals surface area contributed by atoms with E-state index in [2.05, 4.69) is 10.3 Å². The largest absolute Gasteiger partial charge is 0.383 e. The number of hydrogen-bond acceptors (Lipinski definition) is 7. The van der Waals surface area contributed by atoms with Crippen molar-refractivity contribution in [2.75, 3.05) is 32.1 Å². The molecule has 0 unspecified atom stereocenters. The number of amides is 1. The van der Waals surface area contributed by atoms with Gasteiger partial charge < -0.3 is 10.1 Å². The summed E-state index contributed by atoms with van der Waals surface area (Å²) in [6.45, 7) is 3.51. The van der Waals surface area contributed by atoms with E-state index < -0.39 is 0 Å². The van der Waals surface area contributed by atoms with Crippen molar-refractivity contribution < 1.29 is 9.53 Å². The lowest BCUT2D eigenvalue weighted by atomic mass is 10.2. The number of thioether (sulfide) groups is 1. The van der Waals surface area contributed by atoms with Crippen LogP contribution in [0.1, 0.15) is 18.9 Å². The van der Waals surface area contributed by atoms with Gasteiger partial charge in [0.25, 0.3) is 11.5 Å². The predicted octanol–water partition coefficient (Wildman–Crippen LogP) is 2.36. The summed E-state index contributed by atoms with van der Waals surface area (Å²) in [4.78, 5) is 32.2. The molecule has 1 aliphatic heterocycles. The highest BCUT2D eigenvalue weighted by Crippen LogP contribution is 2.33. The second-order valence-electron chi connectivity index (χ2n) is 5.86. The van der Waals surface area contributed by atoms with Gasteiger partial charge in [0.1, 0.15) is 15.8 Å². The Bertz CT molecular complexity index is 971. The molecule has 142 valence electrons. The summed E-state index contributed by atoms with van der Waals surface area (Å²) in [5.74, 6) is 0.247. The minimum atomic E-state index is -0.249. The van der Waals surface area contributed by atoms with Gasteiger partial charge in [0.2, 0.25) is 0 Å². The zero-order chi connectivity index (χ0) is 19.4. The monoisotopic (exact) mass is 404 g/mol. The second-order valence-corrected chi connectivity index (χ2v) is 7.54. The molecule has 3 rings (SSSR count). The average Bonchev–Trinajstić information content (AvgIpc) is 2.93. The van der Waals surface area contributed by atoms with Crippen LogP contribution in [0.3, 0.4) is 0 Å². The van der Waals surface area contributed by atoms with Crippen molar-refractivity contribution >= 4 is 51.7 Å². The molecule has 0 spiro atoms. The Labute approximate surface area is 166 Å². The molecule has 0 bridgehead atoms. The fourth-order valence-electron chi connectivity index (χ4n) is 2.69. The van der Waals surface area contributed by atoms with Crippen LogP contribution >= 0.6 is 24.0 Å². The molecule has 0 radical (unpaired) electrons. The molecule has 9 heteroatoms. The van der Waals surface area contributed by atoms with Crippen LogP contribution in [-0.2, 0) is 9.53 Å². The summed E-state index contributed by atoms with van der Waals surface area (Å²) in [5.41, 5.74) is 0.603. The van der Waals surface area contributed by atoms with Gasteiger partial charge in [-0.3, -0.25) is 18.9 Å². The zero-order valence-corrected chi connectivity index (χ0v) is 16.7. The summed E-state index contributed by atoms with van der Waals surface area (Å²) in [7, 11) is 1.60. The number of carbonyl (C=O) groups is 1. The maximum absolute atomic E-state index is 13.0. The minimum Gasteiger partial charge on any atom is -0.383 e. The van der Waals surface area contributed by atoms with E-state index in [-0.39, 0.29) is 11.5 Å². The van der Waals surface area contributed by atoms with E-state index in [1.54, 1.807) is 36.4 Å². The molecule has 7 nitrogen and oxygen atoms in total. The van der Waals surface area contributed by atoms with Crippen LogP contribution in [0.25, 0.3) is 11.7 Å². The zero-order valence-electron chi connectivity index (χ0n) is 15.1. The quantitative estimate of drug-likeness (QED) is 0.431. The molecule has 3 heterocycles. The van der Waals surface area contributed by atoms with E-state index in [4.69, 9.17) is 17.0 Å². The number of ether oxygens (including phenoxy) is 1. The van der Waals surface area contributed by atoms with Gasteiger partial charge in [-0.25, -0.2) is 4.98 Å². The molecule has 1 fully saturated rings. The van der Waals surface area contributed by atoms with Gasteiger partial charge in [-0.2, -0.15) is 0 Å². The first kappa shape index (κ1) is 19.5. The molecule has 0 saturated carbocycles. The number of anilines is 1. The van der Waals surface area contributed by atoms with E-state index in [0.717, 1.165) is 6.42 Å². The SMILES string of the molecule is CCCN1C(=O)C(=Cc2c(NCCOC)nc3ccccn3c2=O)SC1=S. The molecule has 2 aromatic rings. The molecule has 0 aromatic carbocycles. The Morgan fingerprint density at radius 2 is 2.19 bits per heavy atom. The van der Waals surface area contributed by atoms with Crippen molar-refractivity contribution in [3.63, 3.8) is 0 Å². The Hall–Kier alpha value is -2.23. The fraction of sp³-hybridized carbons (Fsp3) is 0.333. The number of nitrogens with one attached hydrogen (secondary N) is 1. The van der Waals surface area contributed by atoms with Gasteiger partial charge in [-0.1, -0.05) is 37.0 Å². The summed E-state index contributed by atoms with van der Waals surface area (Å²) in [6.07, 6.45) is 4.05. The lowest BCUT2D eigenvalue weighted by Gasteiger charge is -2.12. The van der Waals surface area contributed by atoms with Gasteiger partial charge in [0.15, 0.2) is 0 Å². The van der Waals surface area contributed by atoms with Gasteiger partial charge >= 0.3 is 0 Å². The number of rotatable bonds is 7. The van der Waals surface area contributed by atoms with Gasteiger partial charge in [0, 0.05) is 26.4 Å². The van der Waals surface area contributed by atoms with Crippen molar-refractivity contribution in [3.8, 4) is 0 Å². The molecular weight excluding hydrogens is 384 g/mol. The third-order valence-electron chi connectivity index (χ3n) is 3.96. The molecule has 1 saturated heterocycles. The van der Waals surface area contributed by atoms with Crippen LogP contribution in [0.2, 0.25) is 0 Å². The normalized spacial score (nSPS) is 15.9. The number of aromatic nitrogens is 2. The Morgan fingerprint density at radius 1 is 1.37 bits per heavy atom. The van der Waals surface area contributed by atoms with E-state index >= 15 is 0 Å². The maximum atomic E-state index is 13.0. The highest BCUT2D eigenvalue weighted by Gasteiger charge is 2.31. The number of carbonyl (C=O) groups excluding carboxylic acids is 1. The average molecular weight is 405 g/mol. The van der Waals surface area contributed by atoms with Crippen molar-refractivity contribution in [2.24, 2.45) is 0 Å². The molecule has 2 aromatic heterocycles. The lowest BCUT2D eigenvalue weighted by Crippen LogP contribution is -2.28. The van der Waals surface area contributed by atoms with Crippen LogP contribution in [0.5, 0.6) is 0 Å². The van der Waals surface area contributed by atoms with Crippen molar-refractivity contribution in [1.82, 2.24) is 14.3 Å². The van der Waals surface area contributed by atoms with E-state index in [1.165, 1.54) is 16.2 Å². The Morgan fingerprint density at radius 3 is 2.93 bits per heavy atom. The number of thiocarbonyl (C=S) groups is 1. The summed E-state index contributed by atoms with van der Waals surface area (Å²) in [6, 6.07) is 5.34. The minimum absolute atomic E-state index is 0.174. The topological polar surface area (TPSA) is 75.9 Å². The molecule has 1 amide bonds. The number of hydrogen-bond donors (Lipinski definition) is 1. The van der Waals surface area contributed by atoms with E-state index in [0.29, 0.717) is 46.0 Å². The third kappa shape index (κ3) is 4.05. The lowest BCUT2D eigenvalue weighted by molar-refractivity contribution is -0.122. The highest BCUT2D eigenvalue weighted by atomic mass is 32.2. The molecule has 0 aliphatic carbocycles. The standard InChI is InChI=1S/C18H20N4O3S2/c1-3-8-22-17(24)13(27-18(22)26)11-12-15(19-7-10-25-2)20-14-6-4-5-9-21(14)16(12)23/h4-6,9,11,19H,3,7-8,10H2,1-2H3. The van der Waals surface area contributed by atoms with Crippen LogP contribution in [0, 0.1) is 0 Å².